The zero-order valence-corrected chi connectivity index (χ0v) is 21.5. The Morgan fingerprint density at radius 3 is 2.65 bits per heavy atom. The van der Waals surface area contributed by atoms with Crippen molar-refractivity contribution in [3.05, 3.63) is 29.3 Å². The number of rotatable bonds is 11. The minimum atomic E-state index is -0.114. The summed E-state index contributed by atoms with van der Waals surface area (Å²) in [7, 11) is 0. The molecule has 182 valence electrons. The lowest BCUT2D eigenvalue weighted by Crippen LogP contribution is -2.14. The molecule has 2 aromatic heterocycles. The van der Waals surface area contributed by atoms with E-state index in [9.17, 15) is 4.79 Å². The topological polar surface area (TPSA) is 94.8 Å². The van der Waals surface area contributed by atoms with Gasteiger partial charge in [0.25, 0.3) is 0 Å². The van der Waals surface area contributed by atoms with Gasteiger partial charge in [0.1, 0.15) is 10.8 Å². The normalized spacial score (nSPS) is 14.3. The second-order valence-corrected chi connectivity index (χ2v) is 10.3. The van der Waals surface area contributed by atoms with E-state index in [0.29, 0.717) is 17.6 Å². The molecule has 8 nitrogen and oxygen atoms in total. The predicted octanol–water partition coefficient (Wildman–Crippen LogP) is 5.77. The highest BCUT2D eigenvalue weighted by molar-refractivity contribution is 7.99. The smallest absolute Gasteiger partial charge is 0.236 e. The monoisotopic (exact) mass is 500 g/mol. The Bertz CT molecular complexity index is 1060. The van der Waals surface area contributed by atoms with Crippen molar-refractivity contribution in [2.75, 3.05) is 17.7 Å². The Morgan fingerprint density at radius 2 is 1.91 bits per heavy atom. The first-order valence-electron chi connectivity index (χ1n) is 12.1. The van der Waals surface area contributed by atoms with Crippen molar-refractivity contribution >= 4 is 34.1 Å². The Morgan fingerprint density at radius 1 is 1.12 bits per heavy atom. The molecule has 4 rings (SSSR count). The van der Waals surface area contributed by atoms with Gasteiger partial charge in [-0.25, -0.2) is 0 Å². The van der Waals surface area contributed by atoms with Crippen molar-refractivity contribution in [3.63, 3.8) is 0 Å². The van der Waals surface area contributed by atoms with Crippen LogP contribution in [0.15, 0.2) is 29.4 Å². The Kier molecular flexibility index (Phi) is 8.92. The van der Waals surface area contributed by atoms with Crippen LogP contribution in [-0.4, -0.2) is 43.2 Å². The van der Waals surface area contributed by atoms with Crippen LogP contribution >= 0.6 is 23.1 Å². The molecule has 0 atom stereocenters. The highest BCUT2D eigenvalue weighted by atomic mass is 32.2. The van der Waals surface area contributed by atoms with Crippen LogP contribution in [0.2, 0.25) is 0 Å². The van der Waals surface area contributed by atoms with E-state index in [2.05, 4.69) is 32.6 Å². The molecule has 1 aromatic carbocycles. The number of unbranched alkanes of at least 4 members (excludes halogenated alkanes) is 1. The van der Waals surface area contributed by atoms with E-state index in [0.717, 1.165) is 46.7 Å². The first-order valence-corrected chi connectivity index (χ1v) is 13.9. The number of carbonyl (C=O) groups excluding carboxylic acids is 1. The summed E-state index contributed by atoms with van der Waals surface area (Å²) in [4.78, 5) is 12.5. The molecule has 1 aliphatic carbocycles. The zero-order valence-electron chi connectivity index (χ0n) is 19.8. The van der Waals surface area contributed by atoms with E-state index >= 15 is 0 Å². The quantitative estimate of drug-likeness (QED) is 0.264. The lowest BCUT2D eigenvalue weighted by Gasteiger charge is -2.18. The van der Waals surface area contributed by atoms with Gasteiger partial charge in [0.05, 0.1) is 12.4 Å². The maximum atomic E-state index is 12.5. The average Bonchev–Trinajstić information content (AvgIpc) is 3.51. The summed E-state index contributed by atoms with van der Waals surface area (Å²) < 4.78 is 7.77. The third-order valence-electron chi connectivity index (χ3n) is 5.89. The SMILES string of the molecule is CCCCOc1ccc(-c2nnc(SCC(=O)Nc3nnc(C4CCCCC4)s3)n2CC)cc1. The Labute approximate surface area is 208 Å². The maximum Gasteiger partial charge on any atom is 0.236 e. The van der Waals surface area contributed by atoms with Crippen molar-refractivity contribution in [2.45, 2.75) is 76.4 Å². The van der Waals surface area contributed by atoms with Gasteiger partial charge in [-0.15, -0.1) is 20.4 Å². The molecule has 34 heavy (non-hydrogen) atoms. The molecule has 0 unspecified atom stereocenters. The van der Waals surface area contributed by atoms with Crippen LogP contribution in [0.25, 0.3) is 11.4 Å². The first-order chi connectivity index (χ1) is 16.7. The van der Waals surface area contributed by atoms with Crippen LogP contribution in [0.3, 0.4) is 0 Å². The number of amides is 1. The second-order valence-electron chi connectivity index (χ2n) is 8.39. The molecule has 0 bridgehead atoms. The number of benzene rings is 1. The number of thioether (sulfide) groups is 1. The summed E-state index contributed by atoms with van der Waals surface area (Å²) in [5, 5.41) is 22.4. The summed E-state index contributed by atoms with van der Waals surface area (Å²) in [6, 6.07) is 7.92. The highest BCUT2D eigenvalue weighted by Gasteiger charge is 2.21. The van der Waals surface area contributed by atoms with Crippen LogP contribution < -0.4 is 10.1 Å². The Hall–Kier alpha value is -2.46. The molecule has 1 fully saturated rings. The van der Waals surface area contributed by atoms with Crippen LogP contribution in [0.5, 0.6) is 5.75 Å². The summed E-state index contributed by atoms with van der Waals surface area (Å²) in [6.07, 6.45) is 8.29. The van der Waals surface area contributed by atoms with Crippen molar-refractivity contribution in [2.24, 2.45) is 0 Å². The summed E-state index contributed by atoms with van der Waals surface area (Å²) in [5.41, 5.74) is 0.970. The largest absolute Gasteiger partial charge is 0.494 e. The Balaban J connectivity index is 1.33. The standard InChI is InChI=1S/C24H32N6O2S2/c1-3-5-15-32-19-13-11-17(12-14-19)21-26-29-24(30(21)4-2)33-16-20(31)25-23-28-27-22(34-23)18-9-7-6-8-10-18/h11-14,18H,3-10,15-16H2,1-2H3,(H,25,28,31). The zero-order chi connectivity index (χ0) is 23.8. The fourth-order valence-electron chi connectivity index (χ4n) is 4.01. The molecule has 1 aliphatic rings. The minimum absolute atomic E-state index is 0.114. The van der Waals surface area contributed by atoms with Gasteiger partial charge >= 0.3 is 0 Å². The average molecular weight is 501 g/mol. The number of nitrogens with zero attached hydrogens (tertiary/aromatic N) is 5. The third-order valence-corrected chi connectivity index (χ3v) is 7.85. The number of carbonyl (C=O) groups is 1. The minimum Gasteiger partial charge on any atom is -0.494 e. The van der Waals surface area contributed by atoms with E-state index in [-0.39, 0.29) is 11.7 Å². The summed E-state index contributed by atoms with van der Waals surface area (Å²) >= 11 is 2.87. The number of anilines is 1. The fraction of sp³-hybridized carbons (Fsp3) is 0.542. The third kappa shape index (κ3) is 6.35. The number of ether oxygens (including phenoxy) is 1. The van der Waals surface area contributed by atoms with E-state index in [4.69, 9.17) is 4.74 Å². The van der Waals surface area contributed by atoms with Gasteiger partial charge < -0.3 is 9.30 Å². The van der Waals surface area contributed by atoms with Crippen LogP contribution in [0, 0.1) is 0 Å². The maximum absolute atomic E-state index is 12.5. The molecular formula is C24H32N6O2S2. The molecule has 0 saturated heterocycles. The lowest BCUT2D eigenvalue weighted by molar-refractivity contribution is -0.113. The molecule has 1 saturated carbocycles. The van der Waals surface area contributed by atoms with E-state index in [1.165, 1.54) is 55.2 Å². The van der Waals surface area contributed by atoms with Crippen molar-refractivity contribution in [1.29, 1.82) is 0 Å². The van der Waals surface area contributed by atoms with Crippen molar-refractivity contribution in [1.82, 2.24) is 25.0 Å². The molecule has 10 heteroatoms. The molecule has 1 N–H and O–H groups in total. The summed E-state index contributed by atoms with van der Waals surface area (Å²) in [5.74, 6) is 2.25. The van der Waals surface area contributed by atoms with E-state index in [1.54, 1.807) is 0 Å². The molecule has 1 amide bonds. The van der Waals surface area contributed by atoms with Crippen molar-refractivity contribution < 1.29 is 9.53 Å². The first kappa shape index (κ1) is 24.7. The molecule has 3 aromatic rings. The van der Waals surface area contributed by atoms with Crippen molar-refractivity contribution in [3.8, 4) is 17.1 Å². The summed E-state index contributed by atoms with van der Waals surface area (Å²) in [6.45, 7) is 5.63. The molecule has 0 aliphatic heterocycles. The number of aromatic nitrogens is 5. The molecule has 2 heterocycles. The van der Waals surface area contributed by atoms with E-state index in [1.807, 2.05) is 35.8 Å². The van der Waals surface area contributed by atoms with Crippen LogP contribution in [0.4, 0.5) is 5.13 Å². The predicted molar refractivity (Wildman–Crippen MR) is 137 cm³/mol. The van der Waals surface area contributed by atoms with Gasteiger partial charge in [-0.05, 0) is 50.5 Å². The number of hydrogen-bond donors (Lipinski definition) is 1. The number of nitrogens with one attached hydrogen (secondary N) is 1. The van der Waals surface area contributed by atoms with Gasteiger partial charge in [-0.3, -0.25) is 10.1 Å². The highest BCUT2D eigenvalue weighted by Crippen LogP contribution is 2.35. The lowest BCUT2D eigenvalue weighted by atomic mass is 9.90. The van der Waals surface area contributed by atoms with Gasteiger partial charge in [-0.2, -0.15) is 0 Å². The molecule has 0 spiro atoms. The van der Waals surface area contributed by atoms with Gasteiger partial charge in [0.15, 0.2) is 11.0 Å². The van der Waals surface area contributed by atoms with Gasteiger partial charge in [0.2, 0.25) is 11.0 Å². The van der Waals surface area contributed by atoms with Crippen LogP contribution in [-0.2, 0) is 11.3 Å². The number of hydrogen-bond acceptors (Lipinski definition) is 8. The fourth-order valence-corrected chi connectivity index (χ4v) is 5.74. The molecule has 0 radical (unpaired) electrons. The molecular weight excluding hydrogens is 468 g/mol. The van der Waals surface area contributed by atoms with Gasteiger partial charge in [-0.1, -0.05) is 55.7 Å². The van der Waals surface area contributed by atoms with Crippen LogP contribution in [0.1, 0.15) is 69.7 Å². The van der Waals surface area contributed by atoms with E-state index < -0.39 is 0 Å². The van der Waals surface area contributed by atoms with Gasteiger partial charge in [0, 0.05) is 18.0 Å². The second kappa shape index (κ2) is 12.3.